The number of phosphoric ester groups is 1. The summed E-state index contributed by atoms with van der Waals surface area (Å²) in [6.07, 6.45) is 90.4. The van der Waals surface area contributed by atoms with Crippen molar-refractivity contribution >= 4 is 13.7 Å². The normalized spacial score (nSPS) is 14.3. The average molecular weight is 1170 g/mol. The molecule has 9 heteroatoms. The van der Waals surface area contributed by atoms with E-state index in [0.29, 0.717) is 23.9 Å². The molecule has 0 bridgehead atoms. The number of carbonyl (C=O) groups excluding carboxylic acids is 1. The largest absolute Gasteiger partial charge is 0.756 e. The first kappa shape index (κ1) is 79.4. The van der Waals surface area contributed by atoms with Gasteiger partial charge in [-0.15, -0.1) is 0 Å². The Bertz CT molecular complexity index is 1660. The second kappa shape index (κ2) is 62.9. The van der Waals surface area contributed by atoms with Gasteiger partial charge in [0.1, 0.15) is 13.2 Å². The van der Waals surface area contributed by atoms with Crippen molar-refractivity contribution in [2.24, 2.45) is 0 Å². The minimum atomic E-state index is -4.59. The van der Waals surface area contributed by atoms with E-state index in [1.54, 1.807) is 0 Å². The lowest BCUT2D eigenvalue weighted by Crippen LogP contribution is -2.46. The van der Waals surface area contributed by atoms with Gasteiger partial charge < -0.3 is 28.8 Å². The van der Waals surface area contributed by atoms with Crippen molar-refractivity contribution in [3.05, 3.63) is 97.2 Å². The summed E-state index contributed by atoms with van der Waals surface area (Å²) < 4.78 is 23.5. The SMILES string of the molecule is CC/C=C\C/C=C\C/C=C\C/C=C\C/C=C\C/C=C\C/C=C\C/C=C\CCCCCCCCCCC(=O)NC(COP(=O)([O-])OCC[N+](C)(C)C)C(O)CCCCCCCCCCCCCCCCCCCCCCCCCCCCC. The monoisotopic (exact) mass is 1160 g/mol. The Kier molecular flexibility index (Phi) is 61.0. The van der Waals surface area contributed by atoms with Crippen LogP contribution in [0.15, 0.2) is 97.2 Å². The zero-order valence-corrected chi connectivity index (χ0v) is 55.3. The molecule has 0 spiro atoms. The van der Waals surface area contributed by atoms with E-state index in [9.17, 15) is 19.4 Å². The van der Waals surface area contributed by atoms with Crippen molar-refractivity contribution in [3.63, 3.8) is 0 Å². The van der Waals surface area contributed by atoms with Crippen molar-refractivity contribution in [3.8, 4) is 0 Å². The molecule has 82 heavy (non-hydrogen) atoms. The fourth-order valence-electron chi connectivity index (χ4n) is 10.0. The van der Waals surface area contributed by atoms with Crippen LogP contribution in [-0.2, 0) is 18.4 Å². The van der Waals surface area contributed by atoms with E-state index in [4.69, 9.17) is 9.05 Å². The summed E-state index contributed by atoms with van der Waals surface area (Å²) >= 11 is 0. The summed E-state index contributed by atoms with van der Waals surface area (Å²) in [5.41, 5.74) is 0. The van der Waals surface area contributed by atoms with Gasteiger partial charge in [-0.05, 0) is 77.0 Å². The van der Waals surface area contributed by atoms with Crippen LogP contribution in [0.2, 0.25) is 0 Å². The molecule has 0 aromatic heterocycles. The van der Waals surface area contributed by atoms with E-state index in [1.807, 2.05) is 21.1 Å². The highest BCUT2D eigenvalue weighted by Gasteiger charge is 2.24. The van der Waals surface area contributed by atoms with Crippen molar-refractivity contribution in [2.75, 3.05) is 40.9 Å². The number of amides is 1. The zero-order chi connectivity index (χ0) is 59.8. The number of nitrogens with zero attached hydrogens (tertiary/aromatic N) is 1. The molecule has 3 atom stereocenters. The second-order valence-corrected chi connectivity index (χ2v) is 25.9. The quantitative estimate of drug-likeness (QED) is 0.0272. The number of aliphatic hydroxyl groups is 1. The lowest BCUT2D eigenvalue weighted by Gasteiger charge is -2.30. The molecule has 0 saturated heterocycles. The number of hydrogen-bond donors (Lipinski definition) is 2. The van der Waals surface area contributed by atoms with Crippen LogP contribution in [0, 0.1) is 0 Å². The van der Waals surface area contributed by atoms with E-state index >= 15 is 0 Å². The highest BCUT2D eigenvalue weighted by atomic mass is 31.2. The van der Waals surface area contributed by atoms with Crippen LogP contribution in [0.3, 0.4) is 0 Å². The van der Waals surface area contributed by atoms with Crippen molar-refractivity contribution < 1.29 is 32.9 Å². The van der Waals surface area contributed by atoms with Gasteiger partial charge in [-0.25, -0.2) is 0 Å². The van der Waals surface area contributed by atoms with Crippen LogP contribution < -0.4 is 10.2 Å². The minimum Gasteiger partial charge on any atom is -0.756 e. The summed E-state index contributed by atoms with van der Waals surface area (Å²) in [6, 6.07) is -0.814. The van der Waals surface area contributed by atoms with E-state index in [0.717, 1.165) is 96.3 Å². The molecule has 1 amide bonds. The molecule has 0 radical (unpaired) electrons. The van der Waals surface area contributed by atoms with E-state index in [-0.39, 0.29) is 19.1 Å². The number of unbranched alkanes of at least 4 members (excludes halogenated alkanes) is 34. The third-order valence-electron chi connectivity index (χ3n) is 15.3. The first-order valence-corrected chi connectivity index (χ1v) is 36.0. The van der Waals surface area contributed by atoms with Crippen molar-refractivity contribution in [1.29, 1.82) is 0 Å². The molecule has 0 saturated carbocycles. The van der Waals surface area contributed by atoms with Crippen LogP contribution in [0.1, 0.15) is 309 Å². The predicted molar refractivity (Wildman–Crippen MR) is 357 cm³/mol. The Labute approximate surface area is 509 Å². The summed E-state index contributed by atoms with van der Waals surface area (Å²) in [7, 11) is 1.30. The third kappa shape index (κ3) is 65.0. The Hall–Kier alpha value is -2.58. The average Bonchev–Trinajstić information content (AvgIpc) is 3.47. The van der Waals surface area contributed by atoms with Crippen molar-refractivity contribution in [2.45, 2.75) is 321 Å². The molecule has 476 valence electrons. The van der Waals surface area contributed by atoms with Crippen LogP contribution in [0.25, 0.3) is 0 Å². The number of rotatable bonds is 63. The number of aliphatic hydroxyl groups excluding tert-OH is 1. The van der Waals surface area contributed by atoms with Gasteiger partial charge >= 0.3 is 0 Å². The standard InChI is InChI=1S/C73H133N2O6P/c1-6-8-10-12-14-16-18-20-22-24-26-28-30-32-34-35-36-37-38-39-41-43-45-47-49-51-53-55-57-59-61-63-65-67-73(77)74-71(70-81-82(78,79)80-69-68-75(3,4)5)72(76)66-64-62-60-58-56-54-52-50-48-46-44-42-40-33-31-29-27-25-23-21-19-17-15-13-11-9-7-2/h8,10,14,16,20,22,26,28,32,34,36-37,39,41,45,47,71-72,76H,6-7,9,11-13,15,17-19,21,23-25,27,29-31,33,35,38,40,42-44,46,48-70H2,1-5H3,(H-,74,77,78,79)/b10-8-,16-14-,22-20-,28-26-,34-32-,37-36-,41-39-,47-45-. The number of hydrogen-bond acceptors (Lipinski definition) is 6. The fourth-order valence-corrected chi connectivity index (χ4v) is 10.7. The number of allylic oxidation sites excluding steroid dienone is 16. The van der Waals surface area contributed by atoms with Crippen molar-refractivity contribution in [1.82, 2.24) is 5.32 Å². The second-order valence-electron chi connectivity index (χ2n) is 24.5. The molecule has 0 aliphatic heterocycles. The number of nitrogens with one attached hydrogen (secondary N) is 1. The molecule has 3 unspecified atom stereocenters. The smallest absolute Gasteiger partial charge is 0.268 e. The topological polar surface area (TPSA) is 108 Å². The number of phosphoric acid groups is 1. The molecule has 0 aliphatic carbocycles. The molecule has 0 aromatic rings. The van der Waals surface area contributed by atoms with Gasteiger partial charge in [0.15, 0.2) is 0 Å². The van der Waals surface area contributed by atoms with Crippen LogP contribution in [-0.4, -0.2) is 68.5 Å². The Morgan fingerprint density at radius 2 is 0.744 bits per heavy atom. The summed E-state index contributed by atoms with van der Waals surface area (Å²) in [5.74, 6) is -0.173. The Morgan fingerprint density at radius 3 is 1.09 bits per heavy atom. The minimum absolute atomic E-state index is 0.00650. The van der Waals surface area contributed by atoms with Gasteiger partial charge in [-0.3, -0.25) is 9.36 Å². The van der Waals surface area contributed by atoms with Crippen LogP contribution >= 0.6 is 7.82 Å². The molecule has 0 rings (SSSR count). The molecule has 0 heterocycles. The third-order valence-corrected chi connectivity index (χ3v) is 16.3. The van der Waals surface area contributed by atoms with Gasteiger partial charge in [-0.1, -0.05) is 323 Å². The zero-order valence-electron chi connectivity index (χ0n) is 54.4. The van der Waals surface area contributed by atoms with Gasteiger partial charge in [-0.2, -0.15) is 0 Å². The van der Waals surface area contributed by atoms with E-state index < -0.39 is 20.0 Å². The summed E-state index contributed by atoms with van der Waals surface area (Å²) in [6.45, 7) is 4.63. The molecule has 8 nitrogen and oxygen atoms in total. The predicted octanol–water partition coefficient (Wildman–Crippen LogP) is 21.5. The van der Waals surface area contributed by atoms with Crippen LogP contribution in [0.4, 0.5) is 0 Å². The maximum Gasteiger partial charge on any atom is 0.268 e. The lowest BCUT2D eigenvalue weighted by molar-refractivity contribution is -0.870. The molecule has 0 aromatic carbocycles. The van der Waals surface area contributed by atoms with Gasteiger partial charge in [0, 0.05) is 6.42 Å². The molecule has 0 aliphatic rings. The Balaban J connectivity index is 4.12. The number of carbonyl (C=O) groups is 1. The van der Waals surface area contributed by atoms with Gasteiger partial charge in [0.05, 0.1) is 39.9 Å². The lowest BCUT2D eigenvalue weighted by atomic mass is 10.0. The maximum atomic E-state index is 13.1. The van der Waals surface area contributed by atoms with E-state index in [2.05, 4.69) is 116 Å². The van der Waals surface area contributed by atoms with E-state index in [1.165, 1.54) is 186 Å². The first-order chi connectivity index (χ1) is 40.0. The fraction of sp³-hybridized carbons (Fsp3) is 0.767. The molecular formula is C73H133N2O6P. The summed E-state index contributed by atoms with van der Waals surface area (Å²) in [4.78, 5) is 25.7. The molecule has 0 fully saturated rings. The highest BCUT2D eigenvalue weighted by molar-refractivity contribution is 7.45. The summed E-state index contributed by atoms with van der Waals surface area (Å²) in [5, 5.41) is 14.1. The van der Waals surface area contributed by atoms with Gasteiger partial charge in [0.2, 0.25) is 5.91 Å². The van der Waals surface area contributed by atoms with Crippen LogP contribution in [0.5, 0.6) is 0 Å². The highest BCUT2D eigenvalue weighted by Crippen LogP contribution is 2.38. The first-order valence-electron chi connectivity index (χ1n) is 34.6. The molecular weight excluding hydrogens is 1030 g/mol. The number of quaternary nitrogens is 1. The maximum absolute atomic E-state index is 13.1. The van der Waals surface area contributed by atoms with Gasteiger partial charge in [0.25, 0.3) is 7.82 Å². The molecule has 2 N–H and O–H groups in total. The number of likely N-dealkylation sites (N-methyl/N-ethyl adjacent to an activating group) is 1. The Morgan fingerprint density at radius 1 is 0.439 bits per heavy atom.